The van der Waals surface area contributed by atoms with Gasteiger partial charge in [-0.15, -0.1) is 0 Å². The molecule has 1 fully saturated rings. The highest BCUT2D eigenvalue weighted by Crippen LogP contribution is 2.19. The lowest BCUT2D eigenvalue weighted by molar-refractivity contribution is -0.112. The van der Waals surface area contributed by atoms with Gasteiger partial charge in [0.1, 0.15) is 5.03 Å². The number of carbonyl (C=O) groups is 1. The number of carbonyl (C=O) groups excluding carboxylic acids is 1. The first kappa shape index (κ1) is 17.8. The molecule has 23 heavy (non-hydrogen) atoms. The number of piperazine rings is 1. The average Bonchev–Trinajstić information content (AvgIpc) is 2.56. The minimum absolute atomic E-state index is 0.0184. The molecule has 2 N–H and O–H groups in total. The number of amides is 1. The van der Waals surface area contributed by atoms with Crippen molar-refractivity contribution in [3.8, 4) is 0 Å². The number of nitrogens with one attached hydrogen (secondary N) is 2. The molecule has 1 aliphatic heterocycles. The van der Waals surface area contributed by atoms with Gasteiger partial charge >= 0.3 is 0 Å². The molecule has 1 aliphatic rings. The Labute approximate surface area is 146 Å². The van der Waals surface area contributed by atoms with E-state index in [-0.39, 0.29) is 5.03 Å². The molecule has 0 unspecified atom stereocenters. The van der Waals surface area contributed by atoms with Gasteiger partial charge in [0.15, 0.2) is 0 Å². The second-order valence-corrected chi connectivity index (χ2v) is 6.04. The first-order valence-corrected chi connectivity index (χ1v) is 8.25. The van der Waals surface area contributed by atoms with Crippen LogP contribution in [0.25, 0.3) is 0 Å². The minimum Gasteiger partial charge on any atom is -0.366 e. The predicted octanol–water partition coefficient (Wildman–Crippen LogP) is 3.02. The Balaban J connectivity index is 2.10. The molecule has 0 bridgehead atoms. The molecule has 2 rings (SSSR count). The second-order valence-electron chi connectivity index (χ2n) is 5.23. The van der Waals surface area contributed by atoms with Crippen LogP contribution in [0.3, 0.4) is 0 Å². The largest absolute Gasteiger partial charge is 0.366 e. The molecule has 7 heteroatoms. The summed E-state index contributed by atoms with van der Waals surface area (Å²) in [6.07, 6.45) is 1.14. The summed E-state index contributed by atoms with van der Waals surface area (Å²) < 4.78 is 0. The van der Waals surface area contributed by atoms with Crippen LogP contribution in [0.4, 0.5) is 5.69 Å². The second kappa shape index (κ2) is 8.34. The maximum Gasteiger partial charge on any atom is 0.269 e. The van der Waals surface area contributed by atoms with E-state index in [1.54, 1.807) is 24.3 Å². The van der Waals surface area contributed by atoms with Gasteiger partial charge in [0.2, 0.25) is 0 Å². The van der Waals surface area contributed by atoms with E-state index in [4.69, 9.17) is 28.6 Å². The number of anilines is 1. The molecule has 0 aliphatic carbocycles. The van der Waals surface area contributed by atoms with Crippen molar-refractivity contribution >= 4 is 41.0 Å². The first-order valence-electron chi connectivity index (χ1n) is 7.49. The Kier molecular flexibility index (Phi) is 6.45. The summed E-state index contributed by atoms with van der Waals surface area (Å²) in [5.41, 5.74) is 1.02. The predicted molar refractivity (Wildman–Crippen MR) is 95.4 cm³/mol. The topological polar surface area (TPSA) is 59.4 Å². The van der Waals surface area contributed by atoms with E-state index < -0.39 is 5.91 Å². The minimum atomic E-state index is -0.439. The van der Waals surface area contributed by atoms with E-state index in [9.17, 15) is 4.79 Å². The van der Waals surface area contributed by atoms with Gasteiger partial charge in [0.25, 0.3) is 5.91 Å². The highest BCUT2D eigenvalue weighted by atomic mass is 35.5. The van der Waals surface area contributed by atoms with Crippen molar-refractivity contribution in [2.24, 2.45) is 0 Å². The molecule has 0 saturated carbocycles. The molecule has 1 heterocycles. The summed E-state index contributed by atoms with van der Waals surface area (Å²) in [5.74, 6) is -0.439. The lowest BCUT2D eigenvalue weighted by Gasteiger charge is -2.36. The zero-order chi connectivity index (χ0) is 16.8. The lowest BCUT2D eigenvalue weighted by atomic mass is 10.2. The van der Waals surface area contributed by atoms with Crippen molar-refractivity contribution in [2.75, 3.05) is 38.0 Å². The molecule has 1 aromatic carbocycles. The summed E-state index contributed by atoms with van der Waals surface area (Å²) in [6, 6.07) is 6.85. The van der Waals surface area contributed by atoms with Crippen LogP contribution in [-0.4, -0.2) is 54.6 Å². The lowest BCUT2D eigenvalue weighted by Crippen LogP contribution is -2.46. The van der Waals surface area contributed by atoms with Crippen LogP contribution in [0.2, 0.25) is 5.02 Å². The molecular formula is C16H20Cl2N4O. The number of halogens is 2. The van der Waals surface area contributed by atoms with Gasteiger partial charge in [-0.2, -0.15) is 0 Å². The summed E-state index contributed by atoms with van der Waals surface area (Å²) >= 11 is 12.1. The Morgan fingerprint density at radius 2 is 2.04 bits per heavy atom. The Morgan fingerprint density at radius 1 is 1.35 bits per heavy atom. The number of hydrogen-bond acceptors (Lipinski definition) is 4. The number of likely N-dealkylation sites (N-methyl/N-ethyl adjacent to an activating group) is 1. The number of nitrogens with zero attached hydrogens (tertiary/aromatic N) is 2. The number of allylic oxidation sites excluding steroid dienone is 1. The zero-order valence-corrected chi connectivity index (χ0v) is 14.5. The van der Waals surface area contributed by atoms with Crippen molar-refractivity contribution in [3.63, 3.8) is 0 Å². The van der Waals surface area contributed by atoms with Gasteiger partial charge in [-0.05, 0) is 24.7 Å². The molecule has 124 valence electrons. The summed E-state index contributed by atoms with van der Waals surface area (Å²) in [6.45, 7) is 6.41. The zero-order valence-electron chi connectivity index (χ0n) is 13.0. The average molecular weight is 355 g/mol. The van der Waals surface area contributed by atoms with E-state index >= 15 is 0 Å². The fraction of sp³-hybridized carbons (Fsp3) is 0.375. The van der Waals surface area contributed by atoms with E-state index in [0.717, 1.165) is 38.9 Å². The number of hydrogen-bond donors (Lipinski definition) is 2. The van der Waals surface area contributed by atoms with Crippen molar-refractivity contribution in [1.82, 2.24) is 9.80 Å². The molecule has 1 aromatic rings. The molecule has 0 aromatic heterocycles. The van der Waals surface area contributed by atoms with Gasteiger partial charge < -0.3 is 20.5 Å². The summed E-state index contributed by atoms with van der Waals surface area (Å²) in [5, 5.41) is 10.9. The summed E-state index contributed by atoms with van der Waals surface area (Å²) in [4.78, 5) is 16.6. The highest BCUT2D eigenvalue weighted by molar-refractivity contribution is 6.45. The number of rotatable bonds is 5. The van der Waals surface area contributed by atoms with Crippen molar-refractivity contribution in [1.29, 1.82) is 5.41 Å². The van der Waals surface area contributed by atoms with Gasteiger partial charge in [-0.3, -0.25) is 4.79 Å². The first-order chi connectivity index (χ1) is 11.0. The third-order valence-electron chi connectivity index (χ3n) is 3.80. The maximum absolute atomic E-state index is 12.3. The SMILES string of the molecule is CCN1CCN(/C(C=N)=C(\Cl)C(=O)Nc2cccc(Cl)c2)CC1. The fourth-order valence-corrected chi connectivity index (χ4v) is 2.88. The third kappa shape index (κ3) is 4.70. The quantitative estimate of drug-likeness (QED) is 0.631. The van der Waals surface area contributed by atoms with E-state index in [0.29, 0.717) is 16.4 Å². The van der Waals surface area contributed by atoms with Crippen LogP contribution in [0.1, 0.15) is 6.92 Å². The van der Waals surface area contributed by atoms with Gasteiger partial charge in [0, 0.05) is 43.1 Å². The van der Waals surface area contributed by atoms with E-state index in [2.05, 4.69) is 17.1 Å². The molecule has 0 atom stereocenters. The van der Waals surface area contributed by atoms with Crippen molar-refractivity contribution in [3.05, 3.63) is 40.0 Å². The number of benzene rings is 1. The smallest absolute Gasteiger partial charge is 0.269 e. The Morgan fingerprint density at radius 3 is 2.61 bits per heavy atom. The van der Waals surface area contributed by atoms with Crippen LogP contribution in [0, 0.1) is 5.41 Å². The molecule has 0 radical (unpaired) electrons. The molecular weight excluding hydrogens is 335 g/mol. The Hall–Kier alpha value is -1.56. The monoisotopic (exact) mass is 354 g/mol. The van der Waals surface area contributed by atoms with Gasteiger partial charge in [0.05, 0.1) is 5.70 Å². The standard InChI is InChI=1S/C16H20Cl2N4O/c1-2-21-6-8-22(9-7-21)14(11-19)15(18)16(23)20-13-5-3-4-12(17)10-13/h3-5,10-11,19H,2,6-9H2,1H3,(H,20,23)/b15-14-,19-11?. The van der Waals surface area contributed by atoms with Crippen LogP contribution < -0.4 is 5.32 Å². The van der Waals surface area contributed by atoms with Crippen LogP contribution >= 0.6 is 23.2 Å². The molecule has 1 amide bonds. The maximum atomic E-state index is 12.3. The van der Waals surface area contributed by atoms with Crippen LogP contribution in [-0.2, 0) is 4.79 Å². The molecule has 1 saturated heterocycles. The normalized spacial score (nSPS) is 16.7. The van der Waals surface area contributed by atoms with Crippen LogP contribution in [0.5, 0.6) is 0 Å². The van der Waals surface area contributed by atoms with E-state index in [1.807, 2.05) is 4.90 Å². The Bertz CT molecular complexity index is 610. The van der Waals surface area contributed by atoms with E-state index in [1.165, 1.54) is 0 Å². The highest BCUT2D eigenvalue weighted by Gasteiger charge is 2.21. The van der Waals surface area contributed by atoms with Crippen LogP contribution in [0.15, 0.2) is 35.0 Å². The van der Waals surface area contributed by atoms with Gasteiger partial charge in [-0.25, -0.2) is 0 Å². The molecule has 5 nitrogen and oxygen atoms in total. The summed E-state index contributed by atoms with van der Waals surface area (Å²) in [7, 11) is 0. The van der Waals surface area contributed by atoms with Crippen molar-refractivity contribution in [2.45, 2.75) is 6.92 Å². The van der Waals surface area contributed by atoms with Gasteiger partial charge in [-0.1, -0.05) is 36.2 Å². The molecule has 0 spiro atoms. The third-order valence-corrected chi connectivity index (χ3v) is 4.40. The van der Waals surface area contributed by atoms with Crippen molar-refractivity contribution < 1.29 is 4.79 Å². The fourth-order valence-electron chi connectivity index (χ4n) is 2.47.